The van der Waals surface area contributed by atoms with Crippen LogP contribution in [0.15, 0.2) is 24.3 Å². The largest absolute Gasteiger partial charge is 0.490 e. The number of piperidine rings is 1. The smallest absolute Gasteiger partial charge is 0.209 e. The molecule has 16 heavy (non-hydrogen) atoms. The SMILES string of the molecule is Cc1cccc(OC2CCN(C=O)CC2)c1. The third-order valence-electron chi connectivity index (χ3n) is 2.92. The number of hydrogen-bond donors (Lipinski definition) is 0. The first kappa shape index (κ1) is 11.0. The molecule has 2 rings (SSSR count). The predicted molar refractivity (Wildman–Crippen MR) is 62.5 cm³/mol. The van der Waals surface area contributed by atoms with Gasteiger partial charge in [-0.05, 0) is 24.6 Å². The summed E-state index contributed by atoms with van der Waals surface area (Å²) in [6.45, 7) is 3.67. The van der Waals surface area contributed by atoms with Gasteiger partial charge in [0.05, 0.1) is 0 Å². The molecule has 0 atom stereocenters. The van der Waals surface area contributed by atoms with Crippen molar-refractivity contribution in [2.45, 2.75) is 25.9 Å². The van der Waals surface area contributed by atoms with Crippen molar-refractivity contribution in [1.82, 2.24) is 4.90 Å². The number of carbonyl (C=O) groups is 1. The summed E-state index contributed by atoms with van der Waals surface area (Å²) in [6.07, 6.45) is 3.01. The standard InChI is InChI=1S/C13H17NO2/c1-11-3-2-4-13(9-11)16-12-5-7-14(10-15)8-6-12/h2-4,9-10,12H,5-8H2,1H3. The average molecular weight is 219 g/mol. The lowest BCUT2D eigenvalue weighted by atomic mass is 10.1. The Labute approximate surface area is 96.0 Å². The fraction of sp³-hybridized carbons (Fsp3) is 0.462. The van der Waals surface area contributed by atoms with Crippen molar-refractivity contribution in [3.05, 3.63) is 29.8 Å². The van der Waals surface area contributed by atoms with Crippen molar-refractivity contribution in [3.63, 3.8) is 0 Å². The van der Waals surface area contributed by atoms with E-state index in [4.69, 9.17) is 4.74 Å². The molecular formula is C13H17NO2. The van der Waals surface area contributed by atoms with E-state index in [9.17, 15) is 4.79 Å². The molecule has 1 aromatic carbocycles. The van der Waals surface area contributed by atoms with E-state index in [2.05, 4.69) is 13.0 Å². The minimum Gasteiger partial charge on any atom is -0.490 e. The number of hydrogen-bond acceptors (Lipinski definition) is 2. The zero-order valence-electron chi connectivity index (χ0n) is 9.56. The first-order valence-corrected chi connectivity index (χ1v) is 5.70. The van der Waals surface area contributed by atoms with Crippen LogP contribution in [-0.2, 0) is 4.79 Å². The molecule has 1 aromatic rings. The lowest BCUT2D eigenvalue weighted by Crippen LogP contribution is -2.37. The maximum atomic E-state index is 10.6. The summed E-state index contributed by atoms with van der Waals surface area (Å²) in [5.74, 6) is 0.935. The summed E-state index contributed by atoms with van der Waals surface area (Å²) in [5, 5.41) is 0. The topological polar surface area (TPSA) is 29.5 Å². The number of likely N-dealkylation sites (tertiary alicyclic amines) is 1. The van der Waals surface area contributed by atoms with Crippen LogP contribution in [0.25, 0.3) is 0 Å². The molecule has 0 spiro atoms. The molecule has 0 radical (unpaired) electrons. The number of rotatable bonds is 3. The normalized spacial score (nSPS) is 17.2. The summed E-state index contributed by atoms with van der Waals surface area (Å²) in [7, 11) is 0. The Bertz CT molecular complexity index is 357. The van der Waals surface area contributed by atoms with E-state index in [1.165, 1.54) is 5.56 Å². The predicted octanol–water partition coefficient (Wildman–Crippen LogP) is 1.99. The molecule has 1 aliphatic rings. The Balaban J connectivity index is 1.89. The van der Waals surface area contributed by atoms with Gasteiger partial charge in [-0.2, -0.15) is 0 Å². The minimum atomic E-state index is 0.248. The number of nitrogens with zero attached hydrogens (tertiary/aromatic N) is 1. The highest BCUT2D eigenvalue weighted by Gasteiger charge is 2.19. The highest BCUT2D eigenvalue weighted by molar-refractivity contribution is 5.47. The molecule has 3 heteroatoms. The van der Waals surface area contributed by atoms with Crippen molar-refractivity contribution in [2.24, 2.45) is 0 Å². The van der Waals surface area contributed by atoms with Gasteiger partial charge in [0.25, 0.3) is 0 Å². The maximum absolute atomic E-state index is 10.6. The highest BCUT2D eigenvalue weighted by atomic mass is 16.5. The van der Waals surface area contributed by atoms with E-state index in [0.29, 0.717) is 0 Å². The van der Waals surface area contributed by atoms with E-state index >= 15 is 0 Å². The zero-order chi connectivity index (χ0) is 11.4. The van der Waals surface area contributed by atoms with Gasteiger partial charge < -0.3 is 9.64 Å². The number of ether oxygens (including phenoxy) is 1. The second kappa shape index (κ2) is 5.01. The third-order valence-corrected chi connectivity index (χ3v) is 2.92. The second-order valence-corrected chi connectivity index (χ2v) is 4.28. The first-order chi connectivity index (χ1) is 7.78. The number of carbonyl (C=O) groups excluding carboxylic acids is 1. The summed E-state index contributed by atoms with van der Waals surface area (Å²) in [5.41, 5.74) is 1.21. The quantitative estimate of drug-likeness (QED) is 0.728. The van der Waals surface area contributed by atoms with Crippen molar-refractivity contribution < 1.29 is 9.53 Å². The van der Waals surface area contributed by atoms with E-state index in [1.54, 1.807) is 4.90 Å². The first-order valence-electron chi connectivity index (χ1n) is 5.70. The van der Waals surface area contributed by atoms with Crippen LogP contribution < -0.4 is 4.74 Å². The molecule has 1 saturated heterocycles. The third kappa shape index (κ3) is 2.75. The van der Waals surface area contributed by atoms with Gasteiger partial charge in [-0.15, -0.1) is 0 Å². The number of aryl methyl sites for hydroxylation is 1. The maximum Gasteiger partial charge on any atom is 0.209 e. The molecule has 1 amide bonds. The van der Waals surface area contributed by atoms with Crippen molar-refractivity contribution >= 4 is 6.41 Å². The van der Waals surface area contributed by atoms with Gasteiger partial charge in [-0.25, -0.2) is 0 Å². The van der Waals surface area contributed by atoms with Crippen molar-refractivity contribution in [1.29, 1.82) is 0 Å². The molecule has 0 bridgehead atoms. The Morgan fingerprint density at radius 1 is 1.38 bits per heavy atom. The van der Waals surface area contributed by atoms with Crippen LogP contribution in [0.3, 0.4) is 0 Å². The van der Waals surface area contributed by atoms with Gasteiger partial charge in [-0.3, -0.25) is 4.79 Å². The average Bonchev–Trinajstić information content (AvgIpc) is 2.30. The lowest BCUT2D eigenvalue weighted by molar-refractivity contribution is -0.119. The zero-order valence-corrected chi connectivity index (χ0v) is 9.56. The van der Waals surface area contributed by atoms with Gasteiger partial charge >= 0.3 is 0 Å². The molecule has 0 unspecified atom stereocenters. The molecule has 1 aliphatic heterocycles. The van der Waals surface area contributed by atoms with Gasteiger partial charge in [0, 0.05) is 25.9 Å². The molecule has 1 heterocycles. The molecule has 0 N–H and O–H groups in total. The highest BCUT2D eigenvalue weighted by Crippen LogP contribution is 2.19. The number of benzene rings is 1. The Morgan fingerprint density at radius 3 is 2.75 bits per heavy atom. The fourth-order valence-corrected chi connectivity index (χ4v) is 1.98. The van der Waals surface area contributed by atoms with Gasteiger partial charge in [-0.1, -0.05) is 12.1 Å². The number of amides is 1. The van der Waals surface area contributed by atoms with E-state index in [-0.39, 0.29) is 6.10 Å². The van der Waals surface area contributed by atoms with Gasteiger partial charge in [0.15, 0.2) is 0 Å². The van der Waals surface area contributed by atoms with Crippen molar-refractivity contribution in [2.75, 3.05) is 13.1 Å². The summed E-state index contributed by atoms with van der Waals surface area (Å²) >= 11 is 0. The monoisotopic (exact) mass is 219 g/mol. The second-order valence-electron chi connectivity index (χ2n) is 4.28. The van der Waals surface area contributed by atoms with Gasteiger partial charge in [0.2, 0.25) is 6.41 Å². The molecule has 0 aliphatic carbocycles. The van der Waals surface area contributed by atoms with Crippen molar-refractivity contribution in [3.8, 4) is 5.75 Å². The molecule has 0 saturated carbocycles. The van der Waals surface area contributed by atoms with Crippen LogP contribution in [0, 0.1) is 6.92 Å². The van der Waals surface area contributed by atoms with Crippen LogP contribution >= 0.6 is 0 Å². The van der Waals surface area contributed by atoms with Crippen LogP contribution in [0.2, 0.25) is 0 Å². The van der Waals surface area contributed by atoms with Gasteiger partial charge in [0.1, 0.15) is 11.9 Å². The molecule has 1 fully saturated rings. The van der Waals surface area contributed by atoms with E-state index in [0.717, 1.165) is 38.1 Å². The molecule has 0 aromatic heterocycles. The Hall–Kier alpha value is -1.51. The molecule has 3 nitrogen and oxygen atoms in total. The van der Waals surface area contributed by atoms with Crippen LogP contribution in [0.5, 0.6) is 5.75 Å². The summed E-state index contributed by atoms with van der Waals surface area (Å²) in [6, 6.07) is 8.10. The fourth-order valence-electron chi connectivity index (χ4n) is 1.98. The van der Waals surface area contributed by atoms with Crippen LogP contribution in [0.1, 0.15) is 18.4 Å². The Morgan fingerprint density at radius 2 is 2.12 bits per heavy atom. The van der Waals surface area contributed by atoms with E-state index < -0.39 is 0 Å². The Kier molecular flexibility index (Phi) is 3.44. The minimum absolute atomic E-state index is 0.248. The lowest BCUT2D eigenvalue weighted by Gasteiger charge is -2.29. The van der Waals surface area contributed by atoms with Crippen LogP contribution in [0.4, 0.5) is 0 Å². The molecule has 86 valence electrons. The summed E-state index contributed by atoms with van der Waals surface area (Å²) < 4.78 is 5.89. The van der Waals surface area contributed by atoms with Crippen LogP contribution in [-0.4, -0.2) is 30.5 Å². The van der Waals surface area contributed by atoms with E-state index in [1.807, 2.05) is 18.2 Å². The summed E-state index contributed by atoms with van der Waals surface area (Å²) in [4.78, 5) is 12.4. The molecular weight excluding hydrogens is 202 g/mol.